The minimum absolute atomic E-state index is 0. The Labute approximate surface area is 44.6 Å². The van der Waals surface area contributed by atoms with E-state index in [2.05, 4.69) is 6.92 Å². The molecule has 1 radical (unpaired) electrons. The highest BCUT2D eigenvalue weighted by Gasteiger charge is 1.69. The lowest BCUT2D eigenvalue weighted by Crippen LogP contribution is -1.86. The van der Waals surface area contributed by atoms with Crippen molar-refractivity contribution in [3.05, 3.63) is 6.92 Å². The quantitative estimate of drug-likeness (QED) is 0.487. The van der Waals surface area contributed by atoms with Crippen LogP contribution in [0.5, 0.6) is 0 Å². The van der Waals surface area contributed by atoms with E-state index in [1.807, 2.05) is 0 Å². The average Bonchev–Trinajstić information content (AvgIpc) is 0.811. The molecule has 0 aromatic heterocycles. The molecule has 0 aromatic carbocycles. The summed E-state index contributed by atoms with van der Waals surface area (Å²) in [5, 5.41) is 7.94. The van der Waals surface area contributed by atoms with Gasteiger partial charge in [0.05, 0.1) is 6.10 Å². The largest absolute Gasteiger partial charge is 0.393 e. The van der Waals surface area contributed by atoms with Crippen molar-refractivity contribution in [2.45, 2.75) is 13.0 Å². The third-order valence-corrected chi connectivity index (χ3v) is 0. The fraction of sp³-hybridized carbons (Fsp3) is 0.667. The lowest BCUT2D eigenvalue weighted by molar-refractivity contribution is 0.241. The topological polar surface area (TPSA) is 55.2 Å². The molecular weight excluding hydrogens is 101 g/mol. The van der Waals surface area contributed by atoms with Crippen molar-refractivity contribution in [1.29, 1.82) is 0 Å². The summed E-state index contributed by atoms with van der Waals surface area (Å²) in [7, 11) is 0. The molecule has 0 rings (SSSR count). The van der Waals surface area contributed by atoms with Crippen LogP contribution in [0.2, 0.25) is 0 Å². The van der Waals surface area contributed by atoms with E-state index in [9.17, 15) is 0 Å². The van der Waals surface area contributed by atoms with Crippen LogP contribution in [0.1, 0.15) is 6.92 Å². The van der Waals surface area contributed by atoms with Gasteiger partial charge in [-0.05, 0) is 13.8 Å². The summed E-state index contributed by atoms with van der Waals surface area (Å²) in [5.41, 5.74) is 0. The molecular formula is C3H11ClNO. The van der Waals surface area contributed by atoms with Gasteiger partial charge in [0.25, 0.3) is 0 Å². The van der Waals surface area contributed by atoms with Crippen molar-refractivity contribution >= 4 is 12.4 Å². The van der Waals surface area contributed by atoms with Crippen LogP contribution in [-0.2, 0) is 0 Å². The third-order valence-electron chi connectivity index (χ3n) is 0. The van der Waals surface area contributed by atoms with Gasteiger partial charge in [-0.2, -0.15) is 0 Å². The number of hydrogen-bond acceptors (Lipinski definition) is 2. The molecule has 0 aliphatic heterocycles. The molecule has 6 heavy (non-hydrogen) atoms. The molecule has 0 saturated carbocycles. The standard InChI is InChI=1S/C3H7O.ClH.H3N/c1-3(2)4;;/h3-4H,1H2,2H3;1H;1H3. The first-order valence-corrected chi connectivity index (χ1v) is 1.24. The van der Waals surface area contributed by atoms with E-state index in [1.54, 1.807) is 6.92 Å². The predicted octanol–water partition coefficient (Wildman–Crippen LogP) is 0.785. The highest BCUT2D eigenvalue weighted by molar-refractivity contribution is 5.85. The van der Waals surface area contributed by atoms with Gasteiger partial charge in [-0.1, -0.05) is 0 Å². The van der Waals surface area contributed by atoms with Gasteiger partial charge in [0, 0.05) is 0 Å². The second-order valence-electron chi connectivity index (χ2n) is 0.849. The molecule has 0 heterocycles. The van der Waals surface area contributed by atoms with Crippen LogP contribution in [0.15, 0.2) is 0 Å². The maximum absolute atomic E-state index is 7.94. The SMILES string of the molecule is Cl.N.[CH2]C(C)O. The summed E-state index contributed by atoms with van der Waals surface area (Å²) in [4.78, 5) is 0. The van der Waals surface area contributed by atoms with Gasteiger partial charge in [-0.3, -0.25) is 0 Å². The van der Waals surface area contributed by atoms with E-state index in [4.69, 9.17) is 5.11 Å². The third kappa shape index (κ3) is 984. The average molecular weight is 113 g/mol. The molecule has 0 aromatic rings. The van der Waals surface area contributed by atoms with E-state index in [1.165, 1.54) is 0 Å². The van der Waals surface area contributed by atoms with Gasteiger partial charge in [-0.25, -0.2) is 0 Å². The normalized spacial score (nSPS) is 6.00. The smallest absolute Gasteiger partial charge is 0.0513 e. The van der Waals surface area contributed by atoms with Gasteiger partial charge in [0.15, 0.2) is 0 Å². The Hall–Kier alpha value is 0.210. The summed E-state index contributed by atoms with van der Waals surface area (Å²) in [6, 6.07) is 0. The summed E-state index contributed by atoms with van der Waals surface area (Å²) in [6.45, 7) is 4.81. The van der Waals surface area contributed by atoms with Crippen LogP contribution >= 0.6 is 12.4 Å². The van der Waals surface area contributed by atoms with Gasteiger partial charge in [-0.15, -0.1) is 12.4 Å². The Bertz CT molecular complexity index is 15.5. The number of aliphatic hydroxyl groups excluding tert-OH is 1. The zero-order valence-electron chi connectivity index (χ0n) is 3.85. The molecule has 3 heteroatoms. The zero-order chi connectivity index (χ0) is 3.58. The Morgan fingerprint density at radius 2 is 1.67 bits per heavy atom. The first-order chi connectivity index (χ1) is 1.73. The van der Waals surface area contributed by atoms with Crippen molar-refractivity contribution in [3.8, 4) is 0 Å². The fourth-order valence-corrected chi connectivity index (χ4v) is 0. The van der Waals surface area contributed by atoms with Gasteiger partial charge in [0.2, 0.25) is 0 Å². The minimum Gasteiger partial charge on any atom is -0.393 e. The Kier molecular flexibility index (Phi) is 24.4. The van der Waals surface area contributed by atoms with Crippen LogP contribution < -0.4 is 6.15 Å². The van der Waals surface area contributed by atoms with Crippen LogP contribution in [-0.4, -0.2) is 11.2 Å². The first kappa shape index (κ1) is 16.4. The van der Waals surface area contributed by atoms with Crippen LogP contribution in [0.25, 0.3) is 0 Å². The van der Waals surface area contributed by atoms with Crippen molar-refractivity contribution in [1.82, 2.24) is 6.15 Å². The van der Waals surface area contributed by atoms with Gasteiger partial charge in [0.1, 0.15) is 0 Å². The zero-order valence-corrected chi connectivity index (χ0v) is 4.66. The molecule has 0 spiro atoms. The Morgan fingerprint density at radius 3 is 1.67 bits per heavy atom. The second kappa shape index (κ2) is 8.96. The monoisotopic (exact) mass is 112 g/mol. The maximum atomic E-state index is 7.94. The molecule has 41 valence electrons. The van der Waals surface area contributed by atoms with Crippen LogP contribution in [0.4, 0.5) is 0 Å². The Morgan fingerprint density at radius 1 is 1.67 bits per heavy atom. The molecule has 0 amide bonds. The Balaban J connectivity index is -0.0000000450. The summed E-state index contributed by atoms with van der Waals surface area (Å²) < 4.78 is 0. The van der Waals surface area contributed by atoms with Crippen LogP contribution in [0, 0.1) is 6.92 Å². The summed E-state index contributed by atoms with van der Waals surface area (Å²) in [6.07, 6.45) is -0.417. The lowest BCUT2D eigenvalue weighted by Gasteiger charge is -1.79. The van der Waals surface area contributed by atoms with E-state index >= 15 is 0 Å². The molecule has 4 N–H and O–H groups in total. The number of hydrogen-bond donors (Lipinski definition) is 2. The van der Waals surface area contributed by atoms with E-state index in [0.29, 0.717) is 0 Å². The molecule has 0 bridgehead atoms. The molecule has 1 atom stereocenters. The highest BCUT2D eigenvalue weighted by atomic mass is 35.5. The molecule has 0 saturated heterocycles. The van der Waals surface area contributed by atoms with E-state index < -0.39 is 6.10 Å². The maximum Gasteiger partial charge on any atom is 0.0513 e. The van der Waals surface area contributed by atoms with Crippen molar-refractivity contribution < 1.29 is 5.11 Å². The van der Waals surface area contributed by atoms with Crippen molar-refractivity contribution in [3.63, 3.8) is 0 Å². The summed E-state index contributed by atoms with van der Waals surface area (Å²) >= 11 is 0. The minimum atomic E-state index is -0.417. The molecule has 0 aliphatic carbocycles. The van der Waals surface area contributed by atoms with Gasteiger partial charge >= 0.3 is 0 Å². The molecule has 2 nitrogen and oxygen atoms in total. The lowest BCUT2D eigenvalue weighted by atomic mass is 10.5. The van der Waals surface area contributed by atoms with Crippen molar-refractivity contribution in [2.24, 2.45) is 0 Å². The highest BCUT2D eigenvalue weighted by Crippen LogP contribution is 1.63. The predicted molar refractivity (Wildman–Crippen MR) is 29.3 cm³/mol. The number of aliphatic hydroxyl groups is 1. The number of rotatable bonds is 0. The van der Waals surface area contributed by atoms with Gasteiger partial charge < -0.3 is 11.3 Å². The molecule has 1 unspecified atom stereocenters. The fourth-order valence-electron chi connectivity index (χ4n) is 0. The molecule has 0 aliphatic rings. The molecule has 0 fully saturated rings. The first-order valence-electron chi connectivity index (χ1n) is 1.24. The second-order valence-corrected chi connectivity index (χ2v) is 0.849. The number of halogens is 1. The summed E-state index contributed by atoms with van der Waals surface area (Å²) in [5.74, 6) is 0. The van der Waals surface area contributed by atoms with Crippen molar-refractivity contribution in [2.75, 3.05) is 0 Å². The van der Waals surface area contributed by atoms with E-state index in [-0.39, 0.29) is 18.6 Å². The van der Waals surface area contributed by atoms with E-state index in [0.717, 1.165) is 0 Å². The van der Waals surface area contributed by atoms with Crippen LogP contribution in [0.3, 0.4) is 0 Å².